The summed E-state index contributed by atoms with van der Waals surface area (Å²) in [4.78, 5) is 17.1. The number of hydrogen-bond donors (Lipinski definition) is 1. The van der Waals surface area contributed by atoms with Crippen molar-refractivity contribution < 1.29 is 4.79 Å². The van der Waals surface area contributed by atoms with Gasteiger partial charge >= 0.3 is 0 Å². The topological polar surface area (TPSA) is 45.2 Å². The molecule has 0 saturated carbocycles. The Morgan fingerprint density at radius 2 is 2.27 bits per heavy atom. The van der Waals surface area contributed by atoms with Crippen LogP contribution < -0.4 is 5.32 Å². The summed E-state index contributed by atoms with van der Waals surface area (Å²) in [7, 11) is 3.52. The SMILES string of the molecule is CC(CC(=O)N(C)C)Nc1ccccn1. The molecule has 1 aromatic rings. The van der Waals surface area contributed by atoms with Crippen LogP contribution in [0.15, 0.2) is 24.4 Å². The molecule has 4 nitrogen and oxygen atoms in total. The van der Waals surface area contributed by atoms with Crippen molar-refractivity contribution in [3.63, 3.8) is 0 Å². The molecule has 1 amide bonds. The van der Waals surface area contributed by atoms with E-state index in [-0.39, 0.29) is 11.9 Å². The molecule has 1 unspecified atom stereocenters. The van der Waals surface area contributed by atoms with Gasteiger partial charge in [-0.25, -0.2) is 4.98 Å². The normalized spacial score (nSPS) is 11.9. The lowest BCUT2D eigenvalue weighted by Gasteiger charge is -2.16. The fourth-order valence-corrected chi connectivity index (χ4v) is 1.20. The van der Waals surface area contributed by atoms with Gasteiger partial charge in [-0.3, -0.25) is 4.79 Å². The van der Waals surface area contributed by atoms with Gasteiger partial charge in [0.25, 0.3) is 0 Å². The molecule has 1 atom stereocenters. The van der Waals surface area contributed by atoms with Gasteiger partial charge in [-0.15, -0.1) is 0 Å². The first-order valence-corrected chi connectivity index (χ1v) is 4.97. The van der Waals surface area contributed by atoms with Crippen molar-refractivity contribution in [3.8, 4) is 0 Å². The van der Waals surface area contributed by atoms with Crippen molar-refractivity contribution >= 4 is 11.7 Å². The predicted octanol–water partition coefficient (Wildman–Crippen LogP) is 1.36. The number of pyridine rings is 1. The molecule has 0 aliphatic rings. The molecule has 0 spiro atoms. The highest BCUT2D eigenvalue weighted by Crippen LogP contribution is 2.05. The molecule has 82 valence electrons. The third-order valence-electron chi connectivity index (χ3n) is 2.04. The molecule has 0 aliphatic heterocycles. The van der Waals surface area contributed by atoms with Crippen LogP contribution in [0.2, 0.25) is 0 Å². The smallest absolute Gasteiger partial charge is 0.224 e. The summed E-state index contributed by atoms with van der Waals surface area (Å²) in [5.41, 5.74) is 0. The van der Waals surface area contributed by atoms with Crippen molar-refractivity contribution in [1.29, 1.82) is 0 Å². The molecule has 0 bridgehead atoms. The summed E-state index contributed by atoms with van der Waals surface area (Å²) in [5, 5.41) is 3.17. The summed E-state index contributed by atoms with van der Waals surface area (Å²) in [6, 6.07) is 5.75. The Bertz CT molecular complexity index is 311. The Hall–Kier alpha value is -1.58. The number of rotatable bonds is 4. The summed E-state index contributed by atoms with van der Waals surface area (Å²) in [6.45, 7) is 1.97. The highest BCUT2D eigenvalue weighted by molar-refractivity contribution is 5.76. The summed E-state index contributed by atoms with van der Waals surface area (Å²) >= 11 is 0. The van der Waals surface area contributed by atoms with Gasteiger partial charge in [0, 0.05) is 32.8 Å². The summed E-state index contributed by atoms with van der Waals surface area (Å²) in [5.74, 6) is 0.919. The van der Waals surface area contributed by atoms with Crippen LogP contribution in [0, 0.1) is 0 Å². The molecule has 0 saturated heterocycles. The molecule has 0 radical (unpaired) electrons. The lowest BCUT2D eigenvalue weighted by atomic mass is 10.2. The third kappa shape index (κ3) is 3.97. The van der Waals surface area contributed by atoms with E-state index in [4.69, 9.17) is 0 Å². The van der Waals surface area contributed by atoms with Crippen LogP contribution in [0.1, 0.15) is 13.3 Å². The van der Waals surface area contributed by atoms with Crippen LogP contribution >= 0.6 is 0 Å². The highest BCUT2D eigenvalue weighted by Gasteiger charge is 2.10. The Balaban J connectivity index is 2.43. The summed E-state index contributed by atoms with van der Waals surface area (Å²) in [6.07, 6.45) is 2.20. The zero-order valence-corrected chi connectivity index (χ0v) is 9.40. The van der Waals surface area contributed by atoms with E-state index >= 15 is 0 Å². The number of nitrogens with one attached hydrogen (secondary N) is 1. The van der Waals surface area contributed by atoms with E-state index in [1.807, 2.05) is 25.1 Å². The first-order chi connectivity index (χ1) is 7.09. The van der Waals surface area contributed by atoms with Crippen LogP contribution in [-0.2, 0) is 4.79 Å². The maximum atomic E-state index is 11.4. The number of anilines is 1. The minimum atomic E-state index is 0.0924. The predicted molar refractivity (Wildman–Crippen MR) is 60.6 cm³/mol. The van der Waals surface area contributed by atoms with E-state index in [9.17, 15) is 4.79 Å². The van der Waals surface area contributed by atoms with E-state index < -0.39 is 0 Å². The minimum Gasteiger partial charge on any atom is -0.367 e. The molecule has 1 aromatic heterocycles. The van der Waals surface area contributed by atoms with Gasteiger partial charge < -0.3 is 10.2 Å². The lowest BCUT2D eigenvalue weighted by Crippen LogP contribution is -2.28. The van der Waals surface area contributed by atoms with Gasteiger partial charge in [0.2, 0.25) is 5.91 Å². The zero-order chi connectivity index (χ0) is 11.3. The van der Waals surface area contributed by atoms with Crippen molar-refractivity contribution in [2.24, 2.45) is 0 Å². The van der Waals surface area contributed by atoms with Gasteiger partial charge in [-0.05, 0) is 19.1 Å². The molecule has 0 fully saturated rings. The summed E-state index contributed by atoms with van der Waals surface area (Å²) < 4.78 is 0. The fourth-order valence-electron chi connectivity index (χ4n) is 1.20. The number of carbonyl (C=O) groups is 1. The fraction of sp³-hybridized carbons (Fsp3) is 0.455. The average Bonchev–Trinajstić information content (AvgIpc) is 2.18. The molecular formula is C11H17N3O. The number of hydrogen-bond acceptors (Lipinski definition) is 3. The van der Waals surface area contributed by atoms with Crippen molar-refractivity contribution in [3.05, 3.63) is 24.4 Å². The Morgan fingerprint density at radius 1 is 1.53 bits per heavy atom. The quantitative estimate of drug-likeness (QED) is 0.810. The maximum Gasteiger partial charge on any atom is 0.224 e. The second-order valence-corrected chi connectivity index (χ2v) is 3.75. The largest absolute Gasteiger partial charge is 0.367 e. The third-order valence-corrected chi connectivity index (χ3v) is 2.04. The van der Waals surface area contributed by atoms with Gasteiger partial charge in [0.05, 0.1) is 0 Å². The van der Waals surface area contributed by atoms with Crippen molar-refractivity contribution in [2.75, 3.05) is 19.4 Å². The van der Waals surface area contributed by atoms with E-state index in [2.05, 4.69) is 10.3 Å². The van der Waals surface area contributed by atoms with Crippen LogP contribution in [0.4, 0.5) is 5.82 Å². The second-order valence-electron chi connectivity index (χ2n) is 3.75. The average molecular weight is 207 g/mol. The monoisotopic (exact) mass is 207 g/mol. The van der Waals surface area contributed by atoms with E-state index in [1.54, 1.807) is 25.2 Å². The van der Waals surface area contributed by atoms with E-state index in [0.717, 1.165) is 5.82 Å². The first kappa shape index (κ1) is 11.5. The van der Waals surface area contributed by atoms with Crippen LogP contribution in [0.3, 0.4) is 0 Å². The number of amides is 1. The minimum absolute atomic E-state index is 0.0924. The lowest BCUT2D eigenvalue weighted by molar-refractivity contribution is -0.128. The van der Waals surface area contributed by atoms with E-state index in [1.165, 1.54) is 0 Å². The molecule has 15 heavy (non-hydrogen) atoms. The van der Waals surface area contributed by atoms with Crippen LogP contribution in [0.25, 0.3) is 0 Å². The van der Waals surface area contributed by atoms with Gasteiger partial charge in [-0.2, -0.15) is 0 Å². The number of aromatic nitrogens is 1. The zero-order valence-electron chi connectivity index (χ0n) is 9.40. The Kier molecular flexibility index (Phi) is 4.09. The molecule has 1 N–H and O–H groups in total. The number of carbonyl (C=O) groups excluding carboxylic acids is 1. The molecule has 1 heterocycles. The van der Waals surface area contributed by atoms with Gasteiger partial charge in [0.1, 0.15) is 5.82 Å². The van der Waals surface area contributed by atoms with E-state index in [0.29, 0.717) is 6.42 Å². The second kappa shape index (κ2) is 5.34. The molecule has 0 aromatic carbocycles. The standard InChI is InChI=1S/C11H17N3O/c1-9(8-11(15)14(2)3)13-10-6-4-5-7-12-10/h4-7,9H,8H2,1-3H3,(H,12,13). The molecule has 0 aliphatic carbocycles. The van der Waals surface area contributed by atoms with Gasteiger partial charge in [-0.1, -0.05) is 6.07 Å². The molecule has 1 rings (SSSR count). The highest BCUT2D eigenvalue weighted by atomic mass is 16.2. The van der Waals surface area contributed by atoms with Crippen molar-refractivity contribution in [1.82, 2.24) is 9.88 Å². The van der Waals surface area contributed by atoms with Crippen LogP contribution in [-0.4, -0.2) is 35.9 Å². The molecule has 4 heteroatoms. The van der Waals surface area contributed by atoms with Crippen LogP contribution in [0.5, 0.6) is 0 Å². The maximum absolute atomic E-state index is 11.4. The Labute approximate surface area is 90.3 Å². The Morgan fingerprint density at radius 3 is 2.80 bits per heavy atom. The van der Waals surface area contributed by atoms with Crippen molar-refractivity contribution in [2.45, 2.75) is 19.4 Å². The van der Waals surface area contributed by atoms with Gasteiger partial charge in [0.15, 0.2) is 0 Å². The first-order valence-electron chi connectivity index (χ1n) is 4.97. The molecular weight excluding hydrogens is 190 g/mol. The number of nitrogens with zero attached hydrogens (tertiary/aromatic N) is 2.